The topological polar surface area (TPSA) is 107 Å². The first-order chi connectivity index (χ1) is 18.6. The summed E-state index contributed by atoms with van der Waals surface area (Å²) in [7, 11) is 0. The number of aliphatic carboxylic acids is 1. The molecule has 2 N–H and O–H groups in total. The van der Waals surface area contributed by atoms with Crippen LogP contribution in [0.2, 0.25) is 0 Å². The van der Waals surface area contributed by atoms with Gasteiger partial charge in [-0.25, -0.2) is 0 Å². The summed E-state index contributed by atoms with van der Waals surface area (Å²) in [6.07, 6.45) is -1.36. The molecule has 2 aromatic carbocycles. The van der Waals surface area contributed by atoms with Gasteiger partial charge in [0, 0.05) is 35.7 Å². The number of aliphatic hydroxyl groups is 1. The highest BCUT2D eigenvalue weighted by atomic mass is 19.4. The Bertz CT molecular complexity index is 1260. The fourth-order valence-electron chi connectivity index (χ4n) is 6.06. The summed E-state index contributed by atoms with van der Waals surface area (Å²) >= 11 is 0. The fourth-order valence-corrected chi connectivity index (χ4v) is 6.06. The van der Waals surface area contributed by atoms with Crippen molar-refractivity contribution >= 4 is 23.5 Å². The SMILES string of the molecule is O=C(O)CCC(=O)N(C1CC1)[C@H]1c2cc(CO)ccc2N(C(=O)c2ccc(OC(F)(F)F)cc2)[C@@H]2CCC[C@@H]21. The summed E-state index contributed by atoms with van der Waals surface area (Å²) < 4.78 is 41.7. The second kappa shape index (κ2) is 10.5. The van der Waals surface area contributed by atoms with E-state index in [1.165, 1.54) is 12.1 Å². The van der Waals surface area contributed by atoms with E-state index in [9.17, 15) is 32.7 Å². The zero-order valence-electron chi connectivity index (χ0n) is 21.1. The van der Waals surface area contributed by atoms with Crippen LogP contribution in [-0.2, 0) is 16.2 Å². The third-order valence-electron chi connectivity index (χ3n) is 7.76. The van der Waals surface area contributed by atoms with Crippen LogP contribution in [0.5, 0.6) is 5.75 Å². The Labute approximate surface area is 223 Å². The predicted octanol–water partition coefficient (Wildman–Crippen LogP) is 4.80. The fraction of sp³-hybridized carbons (Fsp3) is 0.464. The zero-order valence-corrected chi connectivity index (χ0v) is 21.1. The van der Waals surface area contributed by atoms with E-state index in [0.717, 1.165) is 37.8 Å². The summed E-state index contributed by atoms with van der Waals surface area (Å²) in [6, 6.07) is 9.42. The lowest BCUT2D eigenvalue weighted by atomic mass is 9.80. The molecule has 0 bridgehead atoms. The summed E-state index contributed by atoms with van der Waals surface area (Å²) in [5.41, 5.74) is 2.11. The van der Waals surface area contributed by atoms with Gasteiger partial charge >= 0.3 is 12.3 Å². The van der Waals surface area contributed by atoms with E-state index < -0.39 is 18.1 Å². The van der Waals surface area contributed by atoms with Crippen molar-refractivity contribution in [3.63, 3.8) is 0 Å². The van der Waals surface area contributed by atoms with Gasteiger partial charge in [-0.1, -0.05) is 12.5 Å². The minimum atomic E-state index is -4.84. The van der Waals surface area contributed by atoms with Crippen molar-refractivity contribution < 1.29 is 42.5 Å². The number of alkyl halides is 3. The lowest BCUT2D eigenvalue weighted by Gasteiger charge is -2.48. The second-order valence-electron chi connectivity index (χ2n) is 10.3. The predicted molar refractivity (Wildman–Crippen MR) is 133 cm³/mol. The quantitative estimate of drug-likeness (QED) is 0.493. The number of aliphatic hydroxyl groups excluding tert-OH is 1. The Hall–Kier alpha value is -3.60. The molecule has 5 rings (SSSR count). The van der Waals surface area contributed by atoms with Gasteiger partial charge in [0.2, 0.25) is 5.91 Å². The molecule has 2 saturated carbocycles. The van der Waals surface area contributed by atoms with Crippen LogP contribution in [0.25, 0.3) is 0 Å². The van der Waals surface area contributed by atoms with Gasteiger partial charge < -0.3 is 24.7 Å². The molecule has 0 spiro atoms. The van der Waals surface area contributed by atoms with Crippen molar-refractivity contribution in [2.24, 2.45) is 5.92 Å². The van der Waals surface area contributed by atoms with E-state index in [0.29, 0.717) is 23.2 Å². The minimum Gasteiger partial charge on any atom is -0.481 e. The number of hydrogen-bond acceptors (Lipinski definition) is 5. The largest absolute Gasteiger partial charge is 0.573 e. The number of nitrogens with zero attached hydrogens (tertiary/aromatic N) is 2. The first kappa shape index (κ1) is 27.0. The zero-order chi connectivity index (χ0) is 27.9. The Morgan fingerprint density at radius 1 is 1.00 bits per heavy atom. The summed E-state index contributed by atoms with van der Waals surface area (Å²) in [4.78, 5) is 41.9. The Morgan fingerprint density at radius 3 is 2.33 bits per heavy atom. The highest BCUT2D eigenvalue weighted by molar-refractivity contribution is 6.07. The van der Waals surface area contributed by atoms with Crippen LogP contribution in [0, 0.1) is 5.92 Å². The summed E-state index contributed by atoms with van der Waals surface area (Å²) in [5, 5.41) is 19.0. The van der Waals surface area contributed by atoms with Crippen LogP contribution in [-0.4, -0.2) is 51.3 Å². The number of fused-ring (bicyclic) bond motifs is 2. The number of carbonyl (C=O) groups excluding carboxylic acids is 2. The maximum atomic E-state index is 13.9. The van der Waals surface area contributed by atoms with Gasteiger partial charge in [0.05, 0.1) is 19.1 Å². The molecule has 0 aromatic heterocycles. The third kappa shape index (κ3) is 5.59. The van der Waals surface area contributed by atoms with Crippen molar-refractivity contribution in [3.8, 4) is 5.75 Å². The number of anilines is 1. The molecular formula is C28H29F3N2O6. The van der Waals surface area contributed by atoms with Gasteiger partial charge in [-0.3, -0.25) is 14.4 Å². The molecule has 0 radical (unpaired) electrons. The Morgan fingerprint density at radius 2 is 1.72 bits per heavy atom. The highest BCUT2D eigenvalue weighted by Crippen LogP contribution is 2.53. The smallest absolute Gasteiger partial charge is 0.481 e. The normalized spacial score (nSPS) is 22.2. The second-order valence-corrected chi connectivity index (χ2v) is 10.3. The molecule has 2 fully saturated rings. The van der Waals surface area contributed by atoms with Crippen molar-refractivity contribution in [1.82, 2.24) is 4.90 Å². The summed E-state index contributed by atoms with van der Waals surface area (Å²) in [5.74, 6) is -2.21. The van der Waals surface area contributed by atoms with Gasteiger partial charge in [-0.15, -0.1) is 13.2 Å². The lowest BCUT2D eigenvalue weighted by molar-refractivity contribution is -0.274. The maximum absolute atomic E-state index is 13.9. The van der Waals surface area contributed by atoms with Gasteiger partial charge in [0.25, 0.3) is 5.91 Å². The molecule has 1 heterocycles. The number of hydrogen-bond donors (Lipinski definition) is 2. The molecule has 208 valence electrons. The van der Waals surface area contributed by atoms with Crippen molar-refractivity contribution in [2.75, 3.05) is 4.90 Å². The molecular weight excluding hydrogens is 517 g/mol. The van der Waals surface area contributed by atoms with Crippen LogP contribution >= 0.6 is 0 Å². The Balaban J connectivity index is 1.54. The van der Waals surface area contributed by atoms with Gasteiger partial charge in [0.15, 0.2) is 0 Å². The summed E-state index contributed by atoms with van der Waals surface area (Å²) in [6.45, 7) is -0.237. The molecule has 1 aliphatic heterocycles. The standard InChI is InChI=1S/C28H29F3N2O6/c29-28(30,31)39-19-9-5-17(6-10-19)27(38)33-22-3-1-2-20(22)26(21-14-16(15-34)4-11-23(21)33)32(18-7-8-18)24(35)12-13-25(36)37/h4-6,9-11,14,18,20,22,26,34H,1-3,7-8,12-13,15H2,(H,36,37)/t20-,22+,26+/m0/s1. The molecule has 8 nitrogen and oxygen atoms in total. The van der Waals surface area contributed by atoms with Crippen molar-refractivity contribution in [1.29, 1.82) is 0 Å². The number of carbonyl (C=O) groups is 3. The number of amides is 2. The van der Waals surface area contributed by atoms with E-state index >= 15 is 0 Å². The van der Waals surface area contributed by atoms with Crippen molar-refractivity contribution in [2.45, 2.75) is 76.0 Å². The number of rotatable bonds is 8. The molecule has 3 atom stereocenters. The van der Waals surface area contributed by atoms with E-state index in [1.807, 2.05) is 4.90 Å². The highest BCUT2D eigenvalue weighted by Gasteiger charge is 2.51. The molecule has 0 saturated heterocycles. The average Bonchev–Trinajstić information content (AvgIpc) is 3.61. The van der Waals surface area contributed by atoms with E-state index in [-0.39, 0.29) is 60.9 Å². The molecule has 2 aliphatic carbocycles. The minimum absolute atomic E-state index is 0.00777. The molecule has 3 aliphatic rings. The molecule has 0 unspecified atom stereocenters. The maximum Gasteiger partial charge on any atom is 0.573 e. The van der Waals surface area contributed by atoms with Gasteiger partial charge in [0.1, 0.15) is 5.75 Å². The number of halogens is 3. The van der Waals surface area contributed by atoms with Crippen molar-refractivity contribution in [3.05, 3.63) is 59.2 Å². The molecule has 11 heteroatoms. The van der Waals surface area contributed by atoms with Gasteiger partial charge in [-0.05, 0) is 73.2 Å². The third-order valence-corrected chi connectivity index (χ3v) is 7.76. The number of benzene rings is 2. The molecule has 2 aromatic rings. The first-order valence-corrected chi connectivity index (χ1v) is 13.0. The van der Waals surface area contributed by atoms with Crippen LogP contribution in [0.4, 0.5) is 18.9 Å². The van der Waals surface area contributed by atoms with E-state index in [2.05, 4.69) is 4.74 Å². The van der Waals surface area contributed by atoms with E-state index in [4.69, 9.17) is 5.11 Å². The van der Waals surface area contributed by atoms with Crippen LogP contribution in [0.3, 0.4) is 0 Å². The van der Waals surface area contributed by atoms with E-state index in [1.54, 1.807) is 23.1 Å². The van der Waals surface area contributed by atoms with Gasteiger partial charge in [-0.2, -0.15) is 0 Å². The monoisotopic (exact) mass is 546 g/mol. The van der Waals surface area contributed by atoms with Crippen LogP contribution in [0.15, 0.2) is 42.5 Å². The number of ether oxygens (including phenoxy) is 1. The van der Waals surface area contributed by atoms with Crippen LogP contribution in [0.1, 0.15) is 72.5 Å². The lowest BCUT2D eigenvalue weighted by Crippen LogP contribution is -2.53. The molecule has 2 amide bonds. The number of carboxylic acids is 1. The Kier molecular flexibility index (Phi) is 7.28. The first-order valence-electron chi connectivity index (χ1n) is 13.0. The average molecular weight is 547 g/mol. The van der Waals surface area contributed by atoms with Crippen LogP contribution < -0.4 is 9.64 Å². The molecule has 39 heavy (non-hydrogen) atoms. The number of carboxylic acid groups (broad SMARTS) is 1.